The van der Waals surface area contributed by atoms with E-state index in [1.807, 2.05) is 24.0 Å². The average molecular weight is 432 g/mol. The number of benzene rings is 2. The van der Waals surface area contributed by atoms with E-state index < -0.39 is 6.10 Å². The lowest BCUT2D eigenvalue weighted by Crippen LogP contribution is -2.37. The molecule has 2 aliphatic heterocycles. The number of aromatic amines is 1. The predicted molar refractivity (Wildman–Crippen MR) is 129 cm³/mol. The molecule has 2 aromatic carbocycles. The van der Waals surface area contributed by atoms with Gasteiger partial charge in [-0.2, -0.15) is 0 Å². The Morgan fingerprint density at radius 1 is 1.22 bits per heavy atom. The molecule has 5 nitrogen and oxygen atoms in total. The summed E-state index contributed by atoms with van der Waals surface area (Å²) in [5, 5.41) is 12.4. The van der Waals surface area contributed by atoms with Crippen LogP contribution in [0.3, 0.4) is 0 Å². The number of para-hydroxylation sites is 1. The van der Waals surface area contributed by atoms with Crippen LogP contribution >= 0.6 is 0 Å². The first-order valence-electron chi connectivity index (χ1n) is 11.9. The summed E-state index contributed by atoms with van der Waals surface area (Å²) < 4.78 is 0. The van der Waals surface area contributed by atoms with Crippen LogP contribution in [0.15, 0.2) is 42.5 Å². The van der Waals surface area contributed by atoms with E-state index in [1.165, 1.54) is 27.7 Å². The average Bonchev–Trinajstić information content (AvgIpc) is 3.32. The number of rotatable bonds is 5. The second-order valence-electron chi connectivity index (χ2n) is 9.45. The van der Waals surface area contributed by atoms with Crippen molar-refractivity contribution in [2.75, 3.05) is 18.0 Å². The van der Waals surface area contributed by atoms with Gasteiger partial charge in [0.15, 0.2) is 0 Å². The topological polar surface area (TPSA) is 59.6 Å². The third-order valence-corrected chi connectivity index (χ3v) is 7.31. The fourth-order valence-corrected chi connectivity index (χ4v) is 5.63. The number of β-amino-alcohol motifs (C(OH)–C–C–N with tert-alkyl or cyclic N) is 1. The maximum absolute atomic E-state index is 12.6. The van der Waals surface area contributed by atoms with Crippen molar-refractivity contribution in [1.82, 2.24) is 9.88 Å². The molecule has 1 amide bonds. The third kappa shape index (κ3) is 3.54. The van der Waals surface area contributed by atoms with Crippen molar-refractivity contribution in [3.05, 3.63) is 64.8 Å². The first-order chi connectivity index (χ1) is 15.5. The molecular weight excluding hydrogens is 398 g/mol. The van der Waals surface area contributed by atoms with Crippen molar-refractivity contribution in [3.8, 4) is 0 Å². The number of nitrogens with one attached hydrogen (secondary N) is 1. The number of aliphatic hydroxyl groups excluding tert-OH is 1. The molecule has 2 N–H and O–H groups in total. The number of hydrogen-bond acceptors (Lipinski definition) is 3. The Morgan fingerprint density at radius 2 is 2.03 bits per heavy atom. The van der Waals surface area contributed by atoms with E-state index in [-0.39, 0.29) is 18.0 Å². The van der Waals surface area contributed by atoms with Crippen LogP contribution in [0, 0.1) is 0 Å². The summed E-state index contributed by atoms with van der Waals surface area (Å²) in [6.07, 6.45) is 2.73. The van der Waals surface area contributed by atoms with Gasteiger partial charge in [-0.05, 0) is 61.9 Å². The lowest BCUT2D eigenvalue weighted by Gasteiger charge is -2.35. The lowest BCUT2D eigenvalue weighted by atomic mass is 9.97. The minimum absolute atomic E-state index is 0.180. The van der Waals surface area contributed by atoms with Gasteiger partial charge in [-0.15, -0.1) is 0 Å². The number of anilines is 1. The maximum atomic E-state index is 12.6. The summed E-state index contributed by atoms with van der Waals surface area (Å²) in [5.41, 5.74) is 7.01. The zero-order chi connectivity index (χ0) is 22.4. The van der Waals surface area contributed by atoms with Gasteiger partial charge in [0.25, 0.3) is 0 Å². The molecule has 5 rings (SSSR count). The molecule has 0 bridgehead atoms. The smallest absolute Gasteiger partial charge is 0.227 e. The van der Waals surface area contributed by atoms with Crippen molar-refractivity contribution in [2.45, 2.75) is 64.6 Å². The van der Waals surface area contributed by atoms with E-state index in [4.69, 9.17) is 0 Å². The van der Waals surface area contributed by atoms with Gasteiger partial charge < -0.3 is 15.0 Å². The fourth-order valence-electron chi connectivity index (χ4n) is 5.63. The minimum atomic E-state index is -0.552. The molecule has 0 saturated carbocycles. The number of hydrogen-bond donors (Lipinski definition) is 2. The second kappa shape index (κ2) is 8.38. The number of H-pyrrole nitrogens is 1. The van der Waals surface area contributed by atoms with Crippen LogP contribution in [0.5, 0.6) is 0 Å². The number of carbonyl (C=O) groups excluding carboxylic acids is 1. The van der Waals surface area contributed by atoms with Gasteiger partial charge in [-0.3, -0.25) is 9.69 Å². The predicted octanol–water partition coefficient (Wildman–Crippen LogP) is 4.90. The number of aliphatic hydroxyl groups is 1. The second-order valence-corrected chi connectivity index (χ2v) is 9.45. The Morgan fingerprint density at radius 3 is 2.84 bits per heavy atom. The molecular formula is C27H33N3O2. The van der Waals surface area contributed by atoms with Crippen LogP contribution in [0.25, 0.3) is 10.9 Å². The first kappa shape index (κ1) is 21.2. The van der Waals surface area contributed by atoms with E-state index in [1.54, 1.807) is 0 Å². The van der Waals surface area contributed by atoms with Crippen LogP contribution in [-0.4, -0.2) is 40.0 Å². The Hall–Kier alpha value is -2.63. The normalized spacial score (nSPS) is 21.6. The van der Waals surface area contributed by atoms with Crippen LogP contribution in [0.2, 0.25) is 0 Å². The molecule has 3 atom stereocenters. The number of fused-ring (bicyclic) bond motifs is 4. The Kier molecular flexibility index (Phi) is 5.56. The molecule has 0 saturated heterocycles. The standard InChI is InChI=1S/C27H33N3O2/c1-4-7-26(32)30-17(2)14-20-15-19(10-11-24(20)30)25(31)16-29-13-12-22-21-8-5-6-9-23(21)28-27(22)18(29)3/h5-6,8-11,15,17-18,25,28,31H,4,7,12-14,16H2,1-3H3/t17-,18+,25-/m1/s1. The van der Waals surface area contributed by atoms with Gasteiger partial charge in [0, 0.05) is 53.9 Å². The number of aromatic nitrogens is 1. The van der Waals surface area contributed by atoms with Crippen molar-refractivity contribution in [2.24, 2.45) is 0 Å². The van der Waals surface area contributed by atoms with E-state index >= 15 is 0 Å². The molecule has 0 radical (unpaired) electrons. The summed E-state index contributed by atoms with van der Waals surface area (Å²) in [6, 6.07) is 15.1. The first-order valence-corrected chi connectivity index (χ1v) is 11.9. The Labute approximate surface area is 190 Å². The van der Waals surface area contributed by atoms with Crippen LogP contribution in [0.1, 0.15) is 68.1 Å². The molecule has 0 fully saturated rings. The van der Waals surface area contributed by atoms with Crippen LogP contribution in [-0.2, 0) is 17.6 Å². The van der Waals surface area contributed by atoms with E-state index in [0.29, 0.717) is 13.0 Å². The molecule has 1 aromatic heterocycles. The Bertz CT molecular complexity index is 1150. The largest absolute Gasteiger partial charge is 0.387 e. The summed E-state index contributed by atoms with van der Waals surface area (Å²) >= 11 is 0. The van der Waals surface area contributed by atoms with Crippen LogP contribution < -0.4 is 4.90 Å². The summed E-state index contributed by atoms with van der Waals surface area (Å²) in [7, 11) is 0. The van der Waals surface area contributed by atoms with Crippen molar-refractivity contribution in [1.29, 1.82) is 0 Å². The fraction of sp³-hybridized carbons (Fsp3) is 0.444. The van der Waals surface area contributed by atoms with Gasteiger partial charge in [-0.1, -0.05) is 37.3 Å². The highest BCUT2D eigenvalue weighted by molar-refractivity contribution is 5.96. The third-order valence-electron chi connectivity index (χ3n) is 7.31. The van der Waals surface area contributed by atoms with Crippen molar-refractivity contribution < 1.29 is 9.90 Å². The molecule has 0 unspecified atom stereocenters. The van der Waals surface area contributed by atoms with Gasteiger partial charge in [0.2, 0.25) is 5.91 Å². The highest BCUT2D eigenvalue weighted by Crippen LogP contribution is 2.37. The van der Waals surface area contributed by atoms with E-state index in [0.717, 1.165) is 37.1 Å². The molecule has 3 aromatic rings. The molecule has 32 heavy (non-hydrogen) atoms. The molecule has 0 spiro atoms. The summed E-state index contributed by atoms with van der Waals surface area (Å²) in [6.45, 7) is 7.91. The lowest BCUT2D eigenvalue weighted by molar-refractivity contribution is -0.118. The number of nitrogens with zero attached hydrogens (tertiary/aromatic N) is 2. The highest BCUT2D eigenvalue weighted by Gasteiger charge is 2.32. The molecule has 168 valence electrons. The van der Waals surface area contributed by atoms with Gasteiger partial charge in [-0.25, -0.2) is 0 Å². The zero-order valence-corrected chi connectivity index (χ0v) is 19.3. The number of amides is 1. The number of carbonyl (C=O) groups is 1. The molecule has 2 aliphatic rings. The quantitative estimate of drug-likeness (QED) is 0.604. The Balaban J connectivity index is 1.33. The van der Waals surface area contributed by atoms with Crippen molar-refractivity contribution >= 4 is 22.5 Å². The van der Waals surface area contributed by atoms with Gasteiger partial charge in [0.05, 0.1) is 6.10 Å². The summed E-state index contributed by atoms with van der Waals surface area (Å²) in [4.78, 5) is 20.5. The van der Waals surface area contributed by atoms with E-state index in [2.05, 4.69) is 54.1 Å². The highest BCUT2D eigenvalue weighted by atomic mass is 16.3. The van der Waals surface area contributed by atoms with E-state index in [9.17, 15) is 9.90 Å². The van der Waals surface area contributed by atoms with Gasteiger partial charge >= 0.3 is 0 Å². The monoisotopic (exact) mass is 431 g/mol. The molecule has 0 aliphatic carbocycles. The summed E-state index contributed by atoms with van der Waals surface area (Å²) in [5.74, 6) is 0.198. The maximum Gasteiger partial charge on any atom is 0.227 e. The minimum Gasteiger partial charge on any atom is -0.387 e. The molecule has 3 heterocycles. The molecule has 5 heteroatoms. The van der Waals surface area contributed by atoms with Crippen LogP contribution in [0.4, 0.5) is 5.69 Å². The van der Waals surface area contributed by atoms with Gasteiger partial charge in [0.1, 0.15) is 0 Å². The zero-order valence-electron chi connectivity index (χ0n) is 19.3. The van der Waals surface area contributed by atoms with Crippen molar-refractivity contribution in [3.63, 3.8) is 0 Å². The SMILES string of the molecule is CCCC(=O)N1c2ccc([C@H](O)CN3CCc4c([nH]c5ccccc45)[C@@H]3C)cc2C[C@H]1C.